The van der Waals surface area contributed by atoms with Crippen LogP contribution in [0.15, 0.2) is 24.3 Å². The summed E-state index contributed by atoms with van der Waals surface area (Å²) in [5.74, 6) is -2.11. The van der Waals surface area contributed by atoms with Crippen molar-refractivity contribution < 1.29 is 27.9 Å². The van der Waals surface area contributed by atoms with Crippen LogP contribution in [-0.2, 0) is 11.0 Å². The van der Waals surface area contributed by atoms with Gasteiger partial charge in [-0.15, -0.1) is 0 Å². The number of carboxylic acid groups (broad SMARTS) is 1. The van der Waals surface area contributed by atoms with E-state index in [1.165, 1.54) is 18.2 Å². The van der Waals surface area contributed by atoms with Gasteiger partial charge in [-0.05, 0) is 31.2 Å². The Labute approximate surface area is 119 Å². The fourth-order valence-corrected chi connectivity index (χ4v) is 2.83. The SMILES string of the molecule is O=C(C[C@H]1CC[C@@H](C(=O)O)C1)c1ccccc1C(F)(F)F. The molecule has 0 bridgehead atoms. The first-order valence-electron chi connectivity index (χ1n) is 6.71. The maximum atomic E-state index is 12.9. The van der Waals surface area contributed by atoms with Gasteiger partial charge in [0, 0.05) is 12.0 Å². The van der Waals surface area contributed by atoms with Crippen LogP contribution in [0, 0.1) is 11.8 Å². The molecule has 0 radical (unpaired) electrons. The topological polar surface area (TPSA) is 54.4 Å². The lowest BCUT2D eigenvalue weighted by Crippen LogP contribution is -2.15. The van der Waals surface area contributed by atoms with E-state index in [-0.39, 0.29) is 17.9 Å². The van der Waals surface area contributed by atoms with E-state index in [0.29, 0.717) is 19.3 Å². The monoisotopic (exact) mass is 300 g/mol. The molecule has 21 heavy (non-hydrogen) atoms. The lowest BCUT2D eigenvalue weighted by Gasteiger charge is -2.13. The number of benzene rings is 1. The summed E-state index contributed by atoms with van der Waals surface area (Å²) in [6, 6.07) is 4.71. The van der Waals surface area contributed by atoms with Gasteiger partial charge in [0.15, 0.2) is 5.78 Å². The van der Waals surface area contributed by atoms with Crippen LogP contribution >= 0.6 is 0 Å². The molecule has 1 aliphatic carbocycles. The van der Waals surface area contributed by atoms with E-state index in [1.807, 2.05) is 0 Å². The molecule has 0 unspecified atom stereocenters. The number of carboxylic acids is 1. The van der Waals surface area contributed by atoms with E-state index in [4.69, 9.17) is 5.11 Å². The highest BCUT2D eigenvalue weighted by molar-refractivity contribution is 5.97. The second kappa shape index (κ2) is 5.87. The van der Waals surface area contributed by atoms with Gasteiger partial charge in [-0.2, -0.15) is 13.2 Å². The van der Waals surface area contributed by atoms with Crippen molar-refractivity contribution in [2.24, 2.45) is 11.8 Å². The van der Waals surface area contributed by atoms with Gasteiger partial charge in [0.2, 0.25) is 0 Å². The number of hydrogen-bond acceptors (Lipinski definition) is 2. The maximum absolute atomic E-state index is 12.9. The fraction of sp³-hybridized carbons (Fsp3) is 0.467. The Balaban J connectivity index is 2.10. The van der Waals surface area contributed by atoms with Crippen molar-refractivity contribution >= 4 is 11.8 Å². The van der Waals surface area contributed by atoms with Crippen LogP contribution in [-0.4, -0.2) is 16.9 Å². The molecule has 0 amide bonds. The minimum atomic E-state index is -4.56. The van der Waals surface area contributed by atoms with Gasteiger partial charge in [-0.25, -0.2) is 0 Å². The third-order valence-corrected chi connectivity index (χ3v) is 3.90. The van der Waals surface area contributed by atoms with Crippen molar-refractivity contribution in [1.29, 1.82) is 0 Å². The minimum Gasteiger partial charge on any atom is -0.481 e. The molecule has 1 saturated carbocycles. The number of carbonyl (C=O) groups is 2. The Kier molecular flexibility index (Phi) is 4.34. The third-order valence-electron chi connectivity index (χ3n) is 3.90. The molecule has 0 aliphatic heterocycles. The predicted octanol–water partition coefficient (Wildman–Crippen LogP) is 3.78. The Morgan fingerprint density at radius 3 is 2.43 bits per heavy atom. The van der Waals surface area contributed by atoms with Crippen molar-refractivity contribution in [3.63, 3.8) is 0 Å². The normalized spacial score (nSPS) is 22.2. The van der Waals surface area contributed by atoms with Gasteiger partial charge in [0.25, 0.3) is 0 Å². The average Bonchev–Trinajstić information content (AvgIpc) is 2.86. The fourth-order valence-electron chi connectivity index (χ4n) is 2.83. The second-order valence-electron chi connectivity index (χ2n) is 5.38. The number of ketones is 1. The highest BCUT2D eigenvalue weighted by atomic mass is 19.4. The molecule has 3 nitrogen and oxygen atoms in total. The van der Waals surface area contributed by atoms with E-state index < -0.39 is 29.4 Å². The van der Waals surface area contributed by atoms with Crippen molar-refractivity contribution in [1.82, 2.24) is 0 Å². The van der Waals surface area contributed by atoms with Crippen molar-refractivity contribution in [3.8, 4) is 0 Å². The van der Waals surface area contributed by atoms with E-state index in [2.05, 4.69) is 0 Å². The summed E-state index contributed by atoms with van der Waals surface area (Å²) in [4.78, 5) is 23.0. The Morgan fingerprint density at radius 1 is 1.19 bits per heavy atom. The quantitative estimate of drug-likeness (QED) is 0.861. The standard InChI is InChI=1S/C15H15F3O3/c16-15(17,18)12-4-2-1-3-11(12)13(19)8-9-5-6-10(7-9)14(20)21/h1-4,9-10H,5-8H2,(H,20,21)/t9-,10+/m0/s1. The van der Waals surface area contributed by atoms with Gasteiger partial charge in [-0.1, -0.05) is 18.2 Å². The van der Waals surface area contributed by atoms with E-state index in [0.717, 1.165) is 6.07 Å². The minimum absolute atomic E-state index is 0.0309. The van der Waals surface area contributed by atoms with Gasteiger partial charge in [0.1, 0.15) is 0 Å². The van der Waals surface area contributed by atoms with Gasteiger partial charge in [-0.3, -0.25) is 9.59 Å². The summed E-state index contributed by atoms with van der Waals surface area (Å²) in [7, 11) is 0. The number of aliphatic carboxylic acids is 1. The highest BCUT2D eigenvalue weighted by Gasteiger charge is 2.36. The van der Waals surface area contributed by atoms with E-state index in [1.54, 1.807) is 0 Å². The lowest BCUT2D eigenvalue weighted by molar-refractivity contribution is -0.141. The summed E-state index contributed by atoms with van der Waals surface area (Å²) in [6.07, 6.45) is -3.19. The number of Topliss-reactive ketones (excluding diaryl/α,β-unsaturated/α-hetero) is 1. The van der Waals surface area contributed by atoms with Crippen LogP contribution in [0.5, 0.6) is 0 Å². The molecule has 114 valence electrons. The molecule has 1 aromatic carbocycles. The first kappa shape index (κ1) is 15.5. The summed E-state index contributed by atoms with van der Waals surface area (Å²) in [5.41, 5.74) is -1.26. The molecular weight excluding hydrogens is 285 g/mol. The molecule has 6 heteroatoms. The largest absolute Gasteiger partial charge is 0.481 e. The zero-order valence-corrected chi connectivity index (χ0v) is 11.2. The summed E-state index contributed by atoms with van der Waals surface area (Å²) in [5, 5.41) is 8.90. The van der Waals surface area contributed by atoms with E-state index in [9.17, 15) is 22.8 Å². The Bertz CT molecular complexity index is 551. The number of carbonyl (C=O) groups excluding carboxylic acids is 1. The zero-order chi connectivity index (χ0) is 15.6. The summed E-state index contributed by atoms with van der Waals surface area (Å²) < 4.78 is 38.6. The molecule has 0 heterocycles. The average molecular weight is 300 g/mol. The van der Waals surface area contributed by atoms with Gasteiger partial charge < -0.3 is 5.11 Å². The van der Waals surface area contributed by atoms with Crippen LogP contribution in [0.3, 0.4) is 0 Å². The molecule has 1 aliphatic rings. The van der Waals surface area contributed by atoms with Crippen LogP contribution in [0.25, 0.3) is 0 Å². The maximum Gasteiger partial charge on any atom is 0.417 e. The molecule has 1 N–H and O–H groups in total. The molecule has 0 spiro atoms. The third kappa shape index (κ3) is 3.62. The molecule has 1 aromatic rings. The van der Waals surface area contributed by atoms with Crippen LogP contribution < -0.4 is 0 Å². The molecule has 2 atom stereocenters. The number of alkyl halides is 3. The molecule has 2 rings (SSSR count). The molecule has 1 fully saturated rings. The number of rotatable bonds is 4. The first-order valence-corrected chi connectivity index (χ1v) is 6.71. The van der Waals surface area contributed by atoms with Gasteiger partial charge in [0.05, 0.1) is 11.5 Å². The molecule has 0 saturated heterocycles. The zero-order valence-electron chi connectivity index (χ0n) is 11.2. The van der Waals surface area contributed by atoms with Crippen molar-refractivity contribution in [2.45, 2.75) is 31.9 Å². The summed E-state index contributed by atoms with van der Waals surface area (Å²) >= 11 is 0. The predicted molar refractivity (Wildman–Crippen MR) is 68.9 cm³/mol. The van der Waals surface area contributed by atoms with Crippen LogP contribution in [0.1, 0.15) is 41.6 Å². The first-order chi connectivity index (χ1) is 9.79. The van der Waals surface area contributed by atoms with Crippen LogP contribution in [0.2, 0.25) is 0 Å². The Morgan fingerprint density at radius 2 is 1.86 bits per heavy atom. The van der Waals surface area contributed by atoms with Crippen LogP contribution in [0.4, 0.5) is 13.2 Å². The molecular formula is C15H15F3O3. The second-order valence-corrected chi connectivity index (χ2v) is 5.38. The van der Waals surface area contributed by atoms with Gasteiger partial charge >= 0.3 is 12.1 Å². The highest BCUT2D eigenvalue weighted by Crippen LogP contribution is 2.36. The van der Waals surface area contributed by atoms with Crippen molar-refractivity contribution in [2.75, 3.05) is 0 Å². The smallest absolute Gasteiger partial charge is 0.417 e. The molecule has 0 aromatic heterocycles. The Hall–Kier alpha value is -1.85. The number of hydrogen-bond donors (Lipinski definition) is 1. The van der Waals surface area contributed by atoms with E-state index >= 15 is 0 Å². The number of halogens is 3. The summed E-state index contributed by atoms with van der Waals surface area (Å²) in [6.45, 7) is 0. The lowest BCUT2D eigenvalue weighted by atomic mass is 9.93. The van der Waals surface area contributed by atoms with Crippen molar-refractivity contribution in [3.05, 3.63) is 35.4 Å².